The Hall–Kier alpha value is -0.710. The molecule has 1 atom stereocenters. The van der Waals surface area contributed by atoms with Crippen LogP contribution in [0, 0.1) is 0 Å². The first-order valence-electron chi connectivity index (χ1n) is 6.44. The summed E-state index contributed by atoms with van der Waals surface area (Å²) in [4.78, 5) is 1.27. The first-order valence-corrected chi connectivity index (χ1v) is 8.55. The van der Waals surface area contributed by atoms with Gasteiger partial charge in [0.05, 0.1) is 22.4 Å². The summed E-state index contributed by atoms with van der Waals surface area (Å²) in [5.41, 5.74) is 1.12. The van der Waals surface area contributed by atoms with Gasteiger partial charge >= 0.3 is 0 Å². The molecule has 0 saturated heterocycles. The fraction of sp³-hybridized carbons (Fsp3) is 0.333. The molecule has 0 amide bonds. The summed E-state index contributed by atoms with van der Waals surface area (Å²) in [5.74, 6) is 1.56. The maximum absolute atomic E-state index is 5.99. The van der Waals surface area contributed by atoms with E-state index in [1.54, 1.807) is 11.3 Å². The van der Waals surface area contributed by atoms with Crippen LogP contribution in [0.2, 0.25) is 4.34 Å². The summed E-state index contributed by atoms with van der Waals surface area (Å²) in [6.07, 6.45) is 0. The van der Waals surface area contributed by atoms with Crippen LogP contribution in [0.15, 0.2) is 30.3 Å². The molecule has 1 aromatic carbocycles. The molecule has 0 N–H and O–H groups in total. The van der Waals surface area contributed by atoms with Gasteiger partial charge in [0.2, 0.25) is 0 Å². The van der Waals surface area contributed by atoms with E-state index in [1.807, 2.05) is 44.2 Å². The second kappa shape index (κ2) is 7.34. The fourth-order valence-electron chi connectivity index (χ4n) is 1.85. The van der Waals surface area contributed by atoms with Crippen LogP contribution in [0.1, 0.15) is 29.1 Å². The Morgan fingerprint density at radius 3 is 2.40 bits per heavy atom. The summed E-state index contributed by atoms with van der Waals surface area (Å²) >= 11 is 11.3. The van der Waals surface area contributed by atoms with Crippen molar-refractivity contribution in [1.29, 1.82) is 0 Å². The van der Waals surface area contributed by atoms with Gasteiger partial charge in [-0.1, -0.05) is 33.6 Å². The molecule has 0 fully saturated rings. The third kappa shape index (κ3) is 3.68. The highest BCUT2D eigenvalue weighted by Crippen LogP contribution is 2.40. The van der Waals surface area contributed by atoms with Crippen molar-refractivity contribution >= 4 is 38.9 Å². The van der Waals surface area contributed by atoms with Crippen LogP contribution in [0.4, 0.5) is 0 Å². The van der Waals surface area contributed by atoms with E-state index in [9.17, 15) is 0 Å². The molecule has 108 valence electrons. The molecule has 1 heterocycles. The predicted molar refractivity (Wildman–Crippen MR) is 88.9 cm³/mol. The first kappa shape index (κ1) is 15.7. The molecule has 1 unspecified atom stereocenters. The molecule has 0 radical (unpaired) electrons. The van der Waals surface area contributed by atoms with Gasteiger partial charge < -0.3 is 9.47 Å². The average Bonchev–Trinajstić information content (AvgIpc) is 2.87. The fourth-order valence-corrected chi connectivity index (χ4v) is 3.64. The molecule has 1 aromatic heterocycles. The summed E-state index contributed by atoms with van der Waals surface area (Å²) in [5, 5.41) is 0. The molecule has 20 heavy (non-hydrogen) atoms. The molecular weight excluding hydrogens is 360 g/mol. The van der Waals surface area contributed by atoms with E-state index in [0.717, 1.165) is 21.4 Å². The molecule has 0 aliphatic rings. The van der Waals surface area contributed by atoms with Gasteiger partial charge in [0, 0.05) is 4.88 Å². The van der Waals surface area contributed by atoms with E-state index < -0.39 is 0 Å². The number of hydrogen-bond donors (Lipinski definition) is 0. The van der Waals surface area contributed by atoms with Gasteiger partial charge in [-0.25, -0.2) is 0 Å². The Balaban J connectivity index is 2.29. The number of halogens is 2. The maximum Gasteiger partial charge on any atom is 0.161 e. The van der Waals surface area contributed by atoms with Gasteiger partial charge in [-0.3, -0.25) is 0 Å². The molecule has 2 nitrogen and oxygen atoms in total. The molecule has 2 rings (SSSR count). The SMILES string of the molecule is CCOc1ccc(C(Br)c2ccc(Cl)s2)cc1OCC. The standard InChI is InChI=1S/C15H16BrClO2S/c1-3-18-11-6-5-10(9-12(11)19-4-2)15(16)13-7-8-14(17)20-13/h5-9,15H,3-4H2,1-2H3. The quantitative estimate of drug-likeness (QED) is 0.604. The van der Waals surface area contributed by atoms with Gasteiger partial charge in [-0.2, -0.15) is 0 Å². The minimum atomic E-state index is 0.106. The molecule has 0 bridgehead atoms. The average molecular weight is 376 g/mol. The Kier molecular flexibility index (Phi) is 5.75. The second-order valence-electron chi connectivity index (χ2n) is 4.08. The van der Waals surface area contributed by atoms with Crippen molar-refractivity contribution in [2.75, 3.05) is 13.2 Å². The maximum atomic E-state index is 5.99. The highest BCUT2D eigenvalue weighted by Gasteiger charge is 2.15. The molecule has 2 aromatic rings. The first-order chi connectivity index (χ1) is 9.65. The molecular formula is C15H16BrClO2S. The zero-order valence-electron chi connectivity index (χ0n) is 11.4. The van der Waals surface area contributed by atoms with Crippen LogP contribution in [0.5, 0.6) is 11.5 Å². The molecule has 0 aliphatic carbocycles. The predicted octanol–water partition coefficient (Wildman–Crippen LogP) is 5.68. The summed E-state index contributed by atoms with van der Waals surface area (Å²) < 4.78 is 12.0. The number of alkyl halides is 1. The monoisotopic (exact) mass is 374 g/mol. The van der Waals surface area contributed by atoms with Crippen molar-refractivity contribution in [1.82, 2.24) is 0 Å². The lowest BCUT2D eigenvalue weighted by molar-refractivity contribution is 0.287. The molecule has 0 spiro atoms. The highest BCUT2D eigenvalue weighted by molar-refractivity contribution is 9.09. The van der Waals surface area contributed by atoms with E-state index in [4.69, 9.17) is 21.1 Å². The molecule has 0 saturated carbocycles. The number of rotatable bonds is 6. The Labute approximate surface area is 136 Å². The summed E-state index contributed by atoms with van der Waals surface area (Å²) in [6, 6.07) is 9.95. The normalized spacial score (nSPS) is 12.2. The van der Waals surface area contributed by atoms with Gasteiger partial charge in [-0.05, 0) is 43.7 Å². The van der Waals surface area contributed by atoms with Crippen LogP contribution in [0.25, 0.3) is 0 Å². The number of thiophene rings is 1. The largest absolute Gasteiger partial charge is 0.490 e. The van der Waals surface area contributed by atoms with Gasteiger partial charge in [0.15, 0.2) is 11.5 Å². The molecule has 0 aliphatic heterocycles. The van der Waals surface area contributed by atoms with Crippen molar-refractivity contribution in [3.63, 3.8) is 0 Å². The zero-order valence-corrected chi connectivity index (χ0v) is 14.5. The number of benzene rings is 1. The van der Waals surface area contributed by atoms with Crippen molar-refractivity contribution in [3.8, 4) is 11.5 Å². The lowest BCUT2D eigenvalue weighted by atomic mass is 10.1. The van der Waals surface area contributed by atoms with Gasteiger partial charge in [-0.15, -0.1) is 11.3 Å². The number of hydrogen-bond acceptors (Lipinski definition) is 3. The van der Waals surface area contributed by atoms with Gasteiger partial charge in [0.1, 0.15) is 0 Å². The van der Waals surface area contributed by atoms with Gasteiger partial charge in [0.25, 0.3) is 0 Å². The summed E-state index contributed by atoms with van der Waals surface area (Å²) in [6.45, 7) is 5.16. The minimum absolute atomic E-state index is 0.106. The van der Waals surface area contributed by atoms with E-state index in [2.05, 4.69) is 15.9 Å². The lowest BCUT2D eigenvalue weighted by Crippen LogP contribution is -2.00. The lowest BCUT2D eigenvalue weighted by Gasteiger charge is -2.14. The second-order valence-corrected chi connectivity index (χ2v) is 6.74. The van der Waals surface area contributed by atoms with Crippen LogP contribution in [-0.4, -0.2) is 13.2 Å². The van der Waals surface area contributed by atoms with E-state index in [1.165, 1.54) is 4.88 Å². The minimum Gasteiger partial charge on any atom is -0.490 e. The van der Waals surface area contributed by atoms with Crippen LogP contribution in [0.3, 0.4) is 0 Å². The van der Waals surface area contributed by atoms with Crippen LogP contribution >= 0.6 is 38.9 Å². The number of ether oxygens (including phenoxy) is 2. The van der Waals surface area contributed by atoms with Crippen LogP contribution in [-0.2, 0) is 0 Å². The zero-order chi connectivity index (χ0) is 14.5. The Morgan fingerprint density at radius 1 is 1.10 bits per heavy atom. The Morgan fingerprint density at radius 2 is 1.80 bits per heavy atom. The van der Waals surface area contributed by atoms with Crippen molar-refractivity contribution in [2.24, 2.45) is 0 Å². The summed E-state index contributed by atoms with van der Waals surface area (Å²) in [7, 11) is 0. The van der Waals surface area contributed by atoms with Crippen LogP contribution < -0.4 is 9.47 Å². The van der Waals surface area contributed by atoms with Crippen molar-refractivity contribution in [3.05, 3.63) is 45.1 Å². The van der Waals surface area contributed by atoms with E-state index >= 15 is 0 Å². The Bertz CT molecular complexity index is 571. The van der Waals surface area contributed by atoms with Crippen molar-refractivity contribution < 1.29 is 9.47 Å². The third-order valence-corrected chi connectivity index (χ3v) is 5.32. The highest BCUT2D eigenvalue weighted by atomic mass is 79.9. The van der Waals surface area contributed by atoms with E-state index in [0.29, 0.717) is 13.2 Å². The third-order valence-electron chi connectivity index (χ3n) is 2.70. The topological polar surface area (TPSA) is 18.5 Å². The smallest absolute Gasteiger partial charge is 0.161 e. The molecule has 5 heteroatoms. The van der Waals surface area contributed by atoms with Crippen molar-refractivity contribution in [2.45, 2.75) is 18.7 Å². The van der Waals surface area contributed by atoms with E-state index in [-0.39, 0.29) is 4.83 Å².